The van der Waals surface area contributed by atoms with E-state index in [4.69, 9.17) is 5.73 Å². The number of carbonyl (C=O) groups is 1. The molecule has 0 bridgehead atoms. The van der Waals surface area contributed by atoms with Crippen LogP contribution in [0.1, 0.15) is 18.4 Å². The second-order valence-corrected chi connectivity index (χ2v) is 6.17. The second-order valence-electron chi connectivity index (χ2n) is 4.21. The molecule has 3 N–H and O–H groups in total. The molecule has 96 valence electrons. The van der Waals surface area contributed by atoms with Gasteiger partial charge in [0, 0.05) is 11.8 Å². The van der Waals surface area contributed by atoms with Gasteiger partial charge in [-0.1, -0.05) is 12.1 Å². The van der Waals surface area contributed by atoms with Crippen LogP contribution in [0.5, 0.6) is 0 Å². The number of nitrogen functional groups attached to an aromatic ring is 1. The van der Waals surface area contributed by atoms with E-state index in [1.165, 1.54) is 12.2 Å². The van der Waals surface area contributed by atoms with Crippen molar-refractivity contribution in [1.29, 1.82) is 0 Å². The maximum absolute atomic E-state index is 11.5. The van der Waals surface area contributed by atoms with Crippen LogP contribution in [0.4, 0.5) is 5.69 Å². The number of anilines is 1. The van der Waals surface area contributed by atoms with Crippen molar-refractivity contribution in [2.24, 2.45) is 0 Å². The van der Waals surface area contributed by atoms with Gasteiger partial charge in [-0.15, -0.1) is 0 Å². The van der Waals surface area contributed by atoms with E-state index >= 15 is 0 Å². The van der Waals surface area contributed by atoms with Gasteiger partial charge in [0.05, 0.1) is 5.25 Å². The number of benzene rings is 1. The average molecular weight is 266 g/mol. The number of hydrogen-bond donors (Lipinski definition) is 2. The highest BCUT2D eigenvalue weighted by Crippen LogP contribution is 2.27. The van der Waals surface area contributed by atoms with Gasteiger partial charge >= 0.3 is 0 Å². The van der Waals surface area contributed by atoms with Gasteiger partial charge in [0.15, 0.2) is 0 Å². The largest absolute Gasteiger partial charge is 0.399 e. The first-order valence-electron chi connectivity index (χ1n) is 5.56. The Morgan fingerprint density at radius 3 is 2.44 bits per heavy atom. The summed E-state index contributed by atoms with van der Waals surface area (Å²) in [5.74, 6) is -0.626. The van der Waals surface area contributed by atoms with Crippen LogP contribution >= 0.6 is 0 Å². The molecule has 1 aliphatic carbocycles. The first-order valence-corrected chi connectivity index (χ1v) is 7.11. The number of rotatable bonds is 4. The summed E-state index contributed by atoms with van der Waals surface area (Å²) in [6, 6.07) is 6.90. The van der Waals surface area contributed by atoms with E-state index < -0.39 is 21.2 Å². The van der Waals surface area contributed by atoms with E-state index in [1.807, 2.05) is 4.72 Å². The van der Waals surface area contributed by atoms with E-state index in [2.05, 4.69) is 0 Å². The van der Waals surface area contributed by atoms with Crippen molar-refractivity contribution in [3.63, 3.8) is 0 Å². The smallest absolute Gasteiger partial charge is 0.257 e. The Morgan fingerprint density at radius 1 is 1.28 bits per heavy atom. The lowest BCUT2D eigenvalue weighted by atomic mass is 10.2. The van der Waals surface area contributed by atoms with Crippen molar-refractivity contribution >= 4 is 27.7 Å². The molecular weight excluding hydrogens is 252 g/mol. The molecule has 1 aromatic carbocycles. The van der Waals surface area contributed by atoms with Gasteiger partial charge in [-0.25, -0.2) is 13.1 Å². The van der Waals surface area contributed by atoms with Crippen molar-refractivity contribution in [2.45, 2.75) is 18.1 Å². The predicted molar refractivity (Wildman–Crippen MR) is 70.0 cm³/mol. The number of nitrogens with one attached hydrogen (secondary N) is 1. The molecule has 0 atom stereocenters. The van der Waals surface area contributed by atoms with Crippen LogP contribution in [-0.4, -0.2) is 19.6 Å². The third-order valence-corrected chi connectivity index (χ3v) is 4.40. The van der Waals surface area contributed by atoms with E-state index in [0.717, 1.165) is 5.56 Å². The van der Waals surface area contributed by atoms with Crippen LogP contribution < -0.4 is 10.5 Å². The zero-order valence-electron chi connectivity index (χ0n) is 9.67. The molecule has 0 radical (unpaired) electrons. The number of carbonyl (C=O) groups excluding carboxylic acids is 1. The third kappa shape index (κ3) is 3.33. The maximum atomic E-state index is 11.5. The molecule has 0 saturated heterocycles. The van der Waals surface area contributed by atoms with Gasteiger partial charge in [0.2, 0.25) is 10.0 Å². The summed E-state index contributed by atoms with van der Waals surface area (Å²) in [6.07, 6.45) is 4.00. The normalized spacial score (nSPS) is 15.8. The minimum atomic E-state index is -3.47. The Labute approximate surface area is 106 Å². The average Bonchev–Trinajstić information content (AvgIpc) is 3.11. The highest BCUT2D eigenvalue weighted by atomic mass is 32.2. The fourth-order valence-electron chi connectivity index (χ4n) is 1.41. The predicted octanol–water partition coefficient (Wildman–Crippen LogP) is 0.890. The first-order chi connectivity index (χ1) is 8.47. The summed E-state index contributed by atoms with van der Waals surface area (Å²) in [6.45, 7) is 0. The third-order valence-electron chi connectivity index (χ3n) is 2.57. The molecule has 1 aromatic rings. The molecule has 1 saturated carbocycles. The van der Waals surface area contributed by atoms with Crippen molar-refractivity contribution in [2.75, 3.05) is 5.73 Å². The summed E-state index contributed by atoms with van der Waals surface area (Å²) < 4.78 is 25.0. The second kappa shape index (κ2) is 4.81. The van der Waals surface area contributed by atoms with Gasteiger partial charge in [-0.2, -0.15) is 0 Å². The first kappa shape index (κ1) is 12.6. The summed E-state index contributed by atoms with van der Waals surface area (Å²) in [4.78, 5) is 11.4. The van der Waals surface area contributed by atoms with E-state index in [0.29, 0.717) is 18.5 Å². The molecule has 0 heterocycles. The van der Waals surface area contributed by atoms with Crippen molar-refractivity contribution < 1.29 is 13.2 Å². The minimum absolute atomic E-state index is 0.397. The highest BCUT2D eigenvalue weighted by molar-refractivity contribution is 7.91. The molecule has 0 aromatic heterocycles. The zero-order valence-corrected chi connectivity index (χ0v) is 10.5. The lowest BCUT2D eigenvalue weighted by Gasteiger charge is -2.01. The number of amides is 1. The molecule has 0 aliphatic heterocycles. The van der Waals surface area contributed by atoms with Crippen LogP contribution in [-0.2, 0) is 14.8 Å². The van der Waals surface area contributed by atoms with Crippen LogP contribution in [0, 0.1) is 0 Å². The molecule has 0 unspecified atom stereocenters. The van der Waals surface area contributed by atoms with Gasteiger partial charge in [0.25, 0.3) is 5.91 Å². The van der Waals surface area contributed by atoms with E-state index in [1.54, 1.807) is 24.3 Å². The van der Waals surface area contributed by atoms with Crippen molar-refractivity contribution in [1.82, 2.24) is 4.72 Å². The monoisotopic (exact) mass is 266 g/mol. The molecule has 0 spiro atoms. The van der Waals surface area contributed by atoms with Gasteiger partial charge in [0.1, 0.15) is 0 Å². The minimum Gasteiger partial charge on any atom is -0.399 e. The van der Waals surface area contributed by atoms with Crippen LogP contribution in [0.3, 0.4) is 0 Å². The number of sulfonamides is 1. The van der Waals surface area contributed by atoms with Crippen LogP contribution in [0.15, 0.2) is 30.3 Å². The topological polar surface area (TPSA) is 89.3 Å². The lowest BCUT2D eigenvalue weighted by molar-refractivity contribution is -0.114. The van der Waals surface area contributed by atoms with Crippen LogP contribution in [0.25, 0.3) is 6.08 Å². The molecule has 6 heteroatoms. The van der Waals surface area contributed by atoms with E-state index in [-0.39, 0.29) is 0 Å². The zero-order chi connectivity index (χ0) is 13.2. The van der Waals surface area contributed by atoms with Crippen LogP contribution in [0.2, 0.25) is 0 Å². The quantitative estimate of drug-likeness (QED) is 0.625. The molecule has 5 nitrogen and oxygen atoms in total. The SMILES string of the molecule is Nc1ccc(/C=C/C(=O)NS(=O)(=O)C2CC2)cc1. The van der Waals surface area contributed by atoms with E-state index in [9.17, 15) is 13.2 Å². The lowest BCUT2D eigenvalue weighted by Crippen LogP contribution is -2.31. The highest BCUT2D eigenvalue weighted by Gasteiger charge is 2.36. The molecular formula is C12H14N2O3S. The maximum Gasteiger partial charge on any atom is 0.257 e. The fraction of sp³-hybridized carbons (Fsp3) is 0.250. The summed E-state index contributed by atoms with van der Waals surface area (Å²) in [5, 5.41) is -0.397. The van der Waals surface area contributed by atoms with Gasteiger partial charge in [-0.05, 0) is 36.6 Å². The Hall–Kier alpha value is -1.82. The Balaban J connectivity index is 1.96. The summed E-state index contributed by atoms with van der Waals surface area (Å²) in [5.41, 5.74) is 6.94. The van der Waals surface area contributed by atoms with Gasteiger partial charge < -0.3 is 5.73 Å². The fourth-order valence-corrected chi connectivity index (χ4v) is 2.69. The Kier molecular flexibility index (Phi) is 3.38. The van der Waals surface area contributed by atoms with Gasteiger partial charge in [-0.3, -0.25) is 4.79 Å². The van der Waals surface area contributed by atoms with Crippen molar-refractivity contribution in [3.05, 3.63) is 35.9 Å². The molecule has 2 rings (SSSR count). The standard InChI is InChI=1S/C12H14N2O3S/c13-10-4-1-9(2-5-10)3-8-12(15)14-18(16,17)11-6-7-11/h1-5,8,11H,6-7,13H2,(H,14,15)/b8-3+. The molecule has 1 amide bonds. The molecule has 1 fully saturated rings. The summed E-state index contributed by atoms with van der Waals surface area (Å²) >= 11 is 0. The molecule has 1 aliphatic rings. The number of nitrogens with two attached hydrogens (primary N) is 1. The Morgan fingerprint density at radius 2 is 1.89 bits per heavy atom. The Bertz CT molecular complexity index is 572. The number of hydrogen-bond acceptors (Lipinski definition) is 4. The van der Waals surface area contributed by atoms with Crippen molar-refractivity contribution in [3.8, 4) is 0 Å². The summed E-state index contributed by atoms with van der Waals surface area (Å²) in [7, 11) is -3.47. The molecule has 18 heavy (non-hydrogen) atoms.